The molecule has 9 atom stereocenters. The number of hydrogen-bond donors (Lipinski definition) is 6. The summed E-state index contributed by atoms with van der Waals surface area (Å²) in [5, 5.41) is 51.3. The molecule has 38 heavy (non-hydrogen) atoms. The molecule has 206 valence electrons. The summed E-state index contributed by atoms with van der Waals surface area (Å²) in [6.07, 6.45) is -4.46. The van der Waals surface area contributed by atoms with Crippen molar-refractivity contribution in [3.05, 3.63) is 60.0 Å². The Kier molecular flexibility index (Phi) is 7.60. The van der Waals surface area contributed by atoms with Crippen LogP contribution in [-0.2, 0) is 25.4 Å². The van der Waals surface area contributed by atoms with Gasteiger partial charge < -0.3 is 44.7 Å². The fourth-order valence-corrected chi connectivity index (χ4v) is 5.90. The number of H-pyrrole nitrogens is 1. The van der Waals surface area contributed by atoms with Crippen molar-refractivity contribution in [2.45, 2.75) is 55.9 Å². The molecule has 1 aromatic heterocycles. The zero-order valence-corrected chi connectivity index (χ0v) is 21.0. The van der Waals surface area contributed by atoms with Crippen LogP contribution >= 0.6 is 0 Å². The molecule has 1 aromatic carbocycles. The highest BCUT2D eigenvalue weighted by atomic mass is 16.8. The molecule has 0 saturated carbocycles. The molecule has 1 saturated heterocycles. The van der Waals surface area contributed by atoms with Gasteiger partial charge in [0.2, 0.25) is 6.29 Å². The van der Waals surface area contributed by atoms with Crippen LogP contribution in [0.1, 0.15) is 23.7 Å². The largest absolute Gasteiger partial charge is 0.478 e. The van der Waals surface area contributed by atoms with E-state index in [0.717, 1.165) is 35.8 Å². The van der Waals surface area contributed by atoms with E-state index < -0.39 is 61.4 Å². The quantitative estimate of drug-likeness (QED) is 0.280. The van der Waals surface area contributed by atoms with E-state index in [4.69, 9.17) is 14.2 Å². The Labute approximate surface area is 219 Å². The van der Waals surface area contributed by atoms with Crippen LogP contribution in [0.3, 0.4) is 0 Å². The third-order valence-electron chi connectivity index (χ3n) is 8.05. The molecule has 0 unspecified atom stereocenters. The maximum absolute atomic E-state index is 12.2. The van der Waals surface area contributed by atoms with Gasteiger partial charge in [0, 0.05) is 35.0 Å². The molecule has 0 spiro atoms. The summed E-state index contributed by atoms with van der Waals surface area (Å²) >= 11 is 0. The minimum Gasteiger partial charge on any atom is -0.478 e. The maximum Gasteiger partial charge on any atom is 0.334 e. The lowest BCUT2D eigenvalue weighted by molar-refractivity contribution is -0.339. The summed E-state index contributed by atoms with van der Waals surface area (Å²) in [4.78, 5) is 18.0. The third-order valence-corrected chi connectivity index (χ3v) is 8.05. The molecule has 11 heteroatoms. The number of nitrogens with zero attached hydrogens (tertiary/aromatic N) is 1. The average molecular weight is 531 g/mol. The number of carboxylic acid groups (broad SMARTS) is 1. The molecule has 4 heterocycles. The van der Waals surface area contributed by atoms with E-state index in [9.17, 15) is 30.3 Å². The van der Waals surface area contributed by atoms with Gasteiger partial charge in [-0.1, -0.05) is 24.3 Å². The van der Waals surface area contributed by atoms with Crippen LogP contribution < -0.4 is 0 Å². The van der Waals surface area contributed by atoms with E-state index in [-0.39, 0.29) is 11.6 Å². The predicted octanol–water partition coefficient (Wildman–Crippen LogP) is 0.647. The molecular weight excluding hydrogens is 496 g/mol. The first-order valence-electron chi connectivity index (χ1n) is 12.7. The van der Waals surface area contributed by atoms with Crippen LogP contribution in [-0.4, -0.2) is 98.6 Å². The number of likely N-dealkylation sites (N-methyl/N-ethyl adjacent to an activating group) is 1. The molecule has 6 N–H and O–H groups in total. The molecule has 0 radical (unpaired) electrons. The first-order chi connectivity index (χ1) is 18.2. The van der Waals surface area contributed by atoms with Gasteiger partial charge in [-0.2, -0.15) is 0 Å². The number of carboxylic acids is 1. The van der Waals surface area contributed by atoms with Crippen LogP contribution in [0, 0.1) is 11.8 Å². The van der Waals surface area contributed by atoms with Crippen molar-refractivity contribution in [2.24, 2.45) is 11.8 Å². The van der Waals surface area contributed by atoms with E-state index in [1.165, 1.54) is 5.56 Å². The predicted molar refractivity (Wildman–Crippen MR) is 135 cm³/mol. The molecule has 5 rings (SSSR count). The molecule has 2 aromatic rings. The lowest BCUT2D eigenvalue weighted by Gasteiger charge is -2.44. The molecule has 0 bridgehead atoms. The second kappa shape index (κ2) is 10.8. The number of para-hydroxylation sites is 1. The summed E-state index contributed by atoms with van der Waals surface area (Å²) in [7, 11) is 2.01. The number of nitrogens with one attached hydrogen (secondary N) is 1. The highest BCUT2D eigenvalue weighted by molar-refractivity contribution is 5.87. The van der Waals surface area contributed by atoms with Crippen molar-refractivity contribution in [3.63, 3.8) is 0 Å². The van der Waals surface area contributed by atoms with Crippen LogP contribution in [0.25, 0.3) is 10.9 Å². The molecule has 3 aliphatic rings. The van der Waals surface area contributed by atoms with Gasteiger partial charge in [0.25, 0.3) is 0 Å². The van der Waals surface area contributed by atoms with Gasteiger partial charge >= 0.3 is 5.97 Å². The van der Waals surface area contributed by atoms with E-state index in [2.05, 4.69) is 22.5 Å². The van der Waals surface area contributed by atoms with Gasteiger partial charge in [0.1, 0.15) is 24.4 Å². The number of hydrogen-bond acceptors (Lipinski definition) is 9. The van der Waals surface area contributed by atoms with Crippen molar-refractivity contribution in [1.82, 2.24) is 9.88 Å². The van der Waals surface area contributed by atoms with Gasteiger partial charge in [-0.15, -0.1) is 6.58 Å². The number of benzene rings is 1. The van der Waals surface area contributed by atoms with Crippen LogP contribution in [0.15, 0.2) is 48.8 Å². The van der Waals surface area contributed by atoms with Crippen LogP contribution in [0.4, 0.5) is 0 Å². The van der Waals surface area contributed by atoms with Crippen LogP contribution in [0.5, 0.6) is 0 Å². The van der Waals surface area contributed by atoms with Crippen molar-refractivity contribution < 1.29 is 44.5 Å². The maximum atomic E-state index is 12.2. The highest BCUT2D eigenvalue weighted by Gasteiger charge is 2.48. The first-order valence-corrected chi connectivity index (χ1v) is 12.7. The van der Waals surface area contributed by atoms with E-state index in [1.54, 1.807) is 6.08 Å². The Morgan fingerprint density at radius 3 is 2.68 bits per heavy atom. The monoisotopic (exact) mass is 530 g/mol. The third kappa shape index (κ3) is 4.64. The zero-order chi connectivity index (χ0) is 27.1. The molecule has 11 nitrogen and oxygen atoms in total. The van der Waals surface area contributed by atoms with Crippen molar-refractivity contribution >= 4 is 16.9 Å². The number of rotatable bonds is 7. The standard InChI is InChI=1S/C27H34N2O9/c1-3-13-16(10-19-21-15(8-9-29(19)2)14-6-4-5-7-18(14)28-21)17(25(34)35)12-36-26(13)38-27-24(33)23(32)22(31)20(11-30)37-27/h3-7,12-13,16,19-20,22-24,26-28,30-33H,1,8-11H2,2H3,(H,34,35)/t13-,16+,19+,20-,22-,23+,24-,26+,27+/m1/s1. The second-order valence-electron chi connectivity index (χ2n) is 10.2. The Hall–Kier alpha value is -2.77. The van der Waals surface area contributed by atoms with Crippen LogP contribution in [0.2, 0.25) is 0 Å². The number of aromatic amines is 1. The molecule has 1 fully saturated rings. The smallest absolute Gasteiger partial charge is 0.334 e. The van der Waals surface area contributed by atoms with Crippen molar-refractivity contribution in [2.75, 3.05) is 20.2 Å². The lowest BCUT2D eigenvalue weighted by atomic mass is 9.78. The average Bonchev–Trinajstić information content (AvgIpc) is 3.29. The minimum absolute atomic E-state index is 0.0696. The number of aliphatic hydroxyl groups is 4. The molecule has 0 amide bonds. The minimum atomic E-state index is -1.62. The van der Waals surface area contributed by atoms with Gasteiger partial charge in [0.15, 0.2) is 6.29 Å². The normalized spacial score (nSPS) is 35.8. The number of fused-ring (bicyclic) bond motifs is 3. The number of ether oxygens (including phenoxy) is 3. The fourth-order valence-electron chi connectivity index (χ4n) is 5.90. The van der Waals surface area contributed by atoms with E-state index in [0.29, 0.717) is 6.42 Å². The Morgan fingerprint density at radius 2 is 1.97 bits per heavy atom. The lowest BCUT2D eigenvalue weighted by Crippen LogP contribution is -2.60. The molecular formula is C27H34N2O9. The SMILES string of the molecule is C=C[C@H]1[C@H](O[C@@H]2O[C@H](CO)[C@@H](O)[C@H](O)[C@H]2O)OC=C(C(=O)O)[C@H]1C[C@H]1c2[nH]c3ccccc3c2CCN1C. The fraction of sp³-hybridized carbons (Fsp3) is 0.519. The van der Waals surface area contributed by atoms with Gasteiger partial charge in [-0.05, 0) is 31.5 Å². The Bertz CT molecular complexity index is 1210. The molecule has 0 aliphatic carbocycles. The van der Waals surface area contributed by atoms with E-state index in [1.807, 2.05) is 25.2 Å². The van der Waals surface area contributed by atoms with Gasteiger partial charge in [-0.25, -0.2) is 4.79 Å². The highest BCUT2D eigenvalue weighted by Crippen LogP contribution is 2.43. The van der Waals surface area contributed by atoms with Gasteiger partial charge in [0.05, 0.1) is 24.5 Å². The first kappa shape index (κ1) is 26.8. The Morgan fingerprint density at radius 1 is 1.21 bits per heavy atom. The summed E-state index contributed by atoms with van der Waals surface area (Å²) < 4.78 is 17.0. The summed E-state index contributed by atoms with van der Waals surface area (Å²) in [5.74, 6) is -2.34. The Balaban J connectivity index is 1.44. The topological polar surface area (TPSA) is 165 Å². The second-order valence-corrected chi connectivity index (χ2v) is 10.2. The molecule has 3 aliphatic heterocycles. The summed E-state index contributed by atoms with van der Waals surface area (Å²) in [6.45, 7) is 4.11. The summed E-state index contributed by atoms with van der Waals surface area (Å²) in [6, 6.07) is 7.97. The number of aliphatic carboxylic acids is 1. The number of aliphatic hydroxyl groups excluding tert-OH is 4. The summed E-state index contributed by atoms with van der Waals surface area (Å²) in [5.41, 5.74) is 3.37. The zero-order valence-electron chi connectivity index (χ0n) is 21.0. The van der Waals surface area contributed by atoms with Gasteiger partial charge in [-0.3, -0.25) is 4.90 Å². The number of carbonyl (C=O) groups is 1. The van der Waals surface area contributed by atoms with Crippen molar-refractivity contribution in [1.29, 1.82) is 0 Å². The van der Waals surface area contributed by atoms with Crippen molar-refractivity contribution in [3.8, 4) is 0 Å². The number of aromatic nitrogens is 1. The van der Waals surface area contributed by atoms with E-state index >= 15 is 0 Å².